The number of likely N-dealkylation sites (tertiary alicyclic amines) is 1. The van der Waals surface area contributed by atoms with Crippen molar-refractivity contribution in [3.05, 3.63) is 28.8 Å². The van der Waals surface area contributed by atoms with Crippen molar-refractivity contribution in [1.82, 2.24) is 4.90 Å². The van der Waals surface area contributed by atoms with Crippen LogP contribution in [0.2, 0.25) is 5.02 Å². The van der Waals surface area contributed by atoms with E-state index in [1.54, 1.807) is 0 Å². The first kappa shape index (κ1) is 14.8. The number of ether oxygens (including phenoxy) is 1. The molecule has 0 unspecified atom stereocenters. The van der Waals surface area contributed by atoms with Crippen LogP contribution in [0.25, 0.3) is 0 Å². The predicted molar refractivity (Wildman–Crippen MR) is 90.9 cm³/mol. The second-order valence-corrected chi connectivity index (χ2v) is 7.97. The minimum Gasteiger partial charge on any atom is -0.492 e. The summed E-state index contributed by atoms with van der Waals surface area (Å²) < 4.78 is 5.97. The molecule has 2 heterocycles. The van der Waals surface area contributed by atoms with E-state index in [1.807, 2.05) is 12.1 Å². The lowest BCUT2D eigenvalue weighted by molar-refractivity contribution is 0.0818. The van der Waals surface area contributed by atoms with E-state index in [1.165, 1.54) is 57.2 Å². The van der Waals surface area contributed by atoms with Crippen LogP contribution in [0.3, 0.4) is 0 Å². The van der Waals surface area contributed by atoms with Gasteiger partial charge in [-0.15, -0.1) is 0 Å². The van der Waals surface area contributed by atoms with Crippen molar-refractivity contribution in [3.8, 4) is 5.75 Å². The van der Waals surface area contributed by atoms with E-state index in [2.05, 4.69) is 17.9 Å². The normalized spacial score (nSPS) is 26.1. The minimum atomic E-state index is 0.214. The Balaban J connectivity index is 1.47. The minimum absolute atomic E-state index is 0.214. The van der Waals surface area contributed by atoms with E-state index >= 15 is 0 Å². The summed E-state index contributed by atoms with van der Waals surface area (Å²) in [5.74, 6) is 1.98. The average Bonchev–Trinajstić information content (AvgIpc) is 3.17. The smallest absolute Gasteiger partial charge is 0.123 e. The molecule has 3 aliphatic rings. The van der Waals surface area contributed by atoms with Crippen molar-refractivity contribution in [2.75, 3.05) is 19.7 Å². The van der Waals surface area contributed by atoms with Crippen LogP contribution in [0.5, 0.6) is 5.75 Å². The van der Waals surface area contributed by atoms with Gasteiger partial charge in [0.25, 0.3) is 0 Å². The number of nitrogens with zero attached hydrogens (tertiary/aromatic N) is 1. The monoisotopic (exact) mass is 319 g/mol. The molecule has 4 rings (SSSR count). The molecule has 0 bridgehead atoms. The van der Waals surface area contributed by atoms with Crippen molar-refractivity contribution >= 4 is 11.6 Å². The molecule has 1 aromatic rings. The zero-order chi connectivity index (χ0) is 15.2. The summed E-state index contributed by atoms with van der Waals surface area (Å²) in [6, 6.07) is 6.87. The highest BCUT2D eigenvalue weighted by atomic mass is 35.5. The lowest BCUT2D eigenvalue weighted by Crippen LogP contribution is -2.48. The van der Waals surface area contributed by atoms with E-state index in [9.17, 15) is 0 Å². The molecule has 22 heavy (non-hydrogen) atoms. The summed E-state index contributed by atoms with van der Waals surface area (Å²) in [6.45, 7) is 5.69. The quantitative estimate of drug-likeness (QED) is 0.787. The Labute approximate surface area is 138 Å². The van der Waals surface area contributed by atoms with E-state index in [4.69, 9.17) is 16.3 Å². The second-order valence-electron chi connectivity index (χ2n) is 7.53. The lowest BCUT2D eigenvalue weighted by atomic mass is 9.74. The highest BCUT2D eigenvalue weighted by Crippen LogP contribution is 2.47. The van der Waals surface area contributed by atoms with Crippen molar-refractivity contribution < 1.29 is 4.74 Å². The van der Waals surface area contributed by atoms with Crippen molar-refractivity contribution in [2.24, 2.45) is 5.92 Å². The SMILES string of the molecule is C[C@@H](C1CCCC1)N1CCC2(CC1)COc1ccc(Cl)cc12. The first-order valence-electron chi connectivity index (χ1n) is 8.85. The van der Waals surface area contributed by atoms with Crippen LogP contribution in [0.15, 0.2) is 18.2 Å². The van der Waals surface area contributed by atoms with Gasteiger partial charge in [0.05, 0.1) is 6.61 Å². The van der Waals surface area contributed by atoms with Crippen LogP contribution in [0, 0.1) is 5.92 Å². The lowest BCUT2D eigenvalue weighted by Gasteiger charge is -2.42. The highest BCUT2D eigenvalue weighted by molar-refractivity contribution is 6.30. The molecule has 2 nitrogen and oxygen atoms in total. The summed E-state index contributed by atoms with van der Waals surface area (Å²) in [7, 11) is 0. The maximum atomic E-state index is 6.23. The molecule has 0 radical (unpaired) electrons. The second kappa shape index (κ2) is 5.72. The first-order valence-corrected chi connectivity index (χ1v) is 9.23. The summed E-state index contributed by atoms with van der Waals surface area (Å²) >= 11 is 6.23. The Kier molecular flexibility index (Phi) is 3.86. The van der Waals surface area contributed by atoms with E-state index in [-0.39, 0.29) is 5.41 Å². The molecule has 0 N–H and O–H groups in total. The fraction of sp³-hybridized carbons (Fsp3) is 0.684. The van der Waals surface area contributed by atoms with Gasteiger partial charge in [0.1, 0.15) is 5.75 Å². The van der Waals surface area contributed by atoms with Gasteiger partial charge < -0.3 is 9.64 Å². The number of hydrogen-bond acceptors (Lipinski definition) is 2. The molecule has 1 spiro atoms. The van der Waals surface area contributed by atoms with Gasteiger partial charge in [0, 0.05) is 22.0 Å². The fourth-order valence-electron chi connectivity index (χ4n) is 4.85. The Hall–Kier alpha value is -0.730. The van der Waals surface area contributed by atoms with E-state index in [0.717, 1.165) is 29.3 Å². The molecule has 0 aromatic heterocycles. The van der Waals surface area contributed by atoms with Gasteiger partial charge >= 0.3 is 0 Å². The molecule has 0 amide bonds. The van der Waals surface area contributed by atoms with Gasteiger partial charge in [-0.25, -0.2) is 0 Å². The van der Waals surface area contributed by atoms with Gasteiger partial charge in [0.2, 0.25) is 0 Å². The fourth-order valence-corrected chi connectivity index (χ4v) is 5.02. The molecular formula is C19H26ClNO. The zero-order valence-corrected chi connectivity index (χ0v) is 14.2. The van der Waals surface area contributed by atoms with Gasteiger partial charge in [-0.1, -0.05) is 24.4 Å². The Morgan fingerprint density at radius 2 is 1.95 bits per heavy atom. The third-order valence-corrected chi connectivity index (χ3v) is 6.67. The van der Waals surface area contributed by atoms with E-state index < -0.39 is 0 Å². The topological polar surface area (TPSA) is 12.5 Å². The molecule has 2 aliphatic heterocycles. The molecule has 3 heteroatoms. The molecule has 1 aliphatic carbocycles. The maximum Gasteiger partial charge on any atom is 0.123 e. The van der Waals surface area contributed by atoms with Gasteiger partial charge in [-0.05, 0) is 69.8 Å². The van der Waals surface area contributed by atoms with Gasteiger partial charge in [0.15, 0.2) is 0 Å². The van der Waals surface area contributed by atoms with Crippen LogP contribution in [-0.4, -0.2) is 30.6 Å². The standard InChI is InChI=1S/C19H26ClNO/c1-14(15-4-2-3-5-15)21-10-8-19(9-11-21)13-22-18-7-6-16(20)12-17(18)19/h6-7,12,14-15H,2-5,8-11,13H2,1H3/t14-/m0/s1. The summed E-state index contributed by atoms with van der Waals surface area (Å²) in [5.41, 5.74) is 1.57. The molecule has 1 saturated heterocycles. The maximum absolute atomic E-state index is 6.23. The molecule has 120 valence electrons. The van der Waals surface area contributed by atoms with Gasteiger partial charge in [-0.2, -0.15) is 0 Å². The number of benzene rings is 1. The van der Waals surface area contributed by atoms with Crippen LogP contribution in [0.4, 0.5) is 0 Å². The third-order valence-electron chi connectivity index (χ3n) is 6.43. The Morgan fingerprint density at radius 1 is 1.23 bits per heavy atom. The van der Waals surface area contributed by atoms with Crippen molar-refractivity contribution in [1.29, 1.82) is 0 Å². The van der Waals surface area contributed by atoms with Crippen LogP contribution in [0.1, 0.15) is 51.0 Å². The number of halogens is 1. The number of rotatable bonds is 2. The van der Waals surface area contributed by atoms with Crippen LogP contribution >= 0.6 is 11.6 Å². The molecule has 2 fully saturated rings. The first-order chi connectivity index (χ1) is 10.7. The number of hydrogen-bond donors (Lipinski definition) is 0. The van der Waals surface area contributed by atoms with Crippen LogP contribution < -0.4 is 4.74 Å². The number of piperidine rings is 1. The Morgan fingerprint density at radius 3 is 2.68 bits per heavy atom. The highest BCUT2D eigenvalue weighted by Gasteiger charge is 2.44. The average molecular weight is 320 g/mol. The van der Waals surface area contributed by atoms with Gasteiger partial charge in [-0.3, -0.25) is 0 Å². The van der Waals surface area contributed by atoms with E-state index in [0.29, 0.717) is 0 Å². The number of fused-ring (bicyclic) bond motifs is 2. The molecule has 1 aromatic carbocycles. The zero-order valence-electron chi connectivity index (χ0n) is 13.5. The molecular weight excluding hydrogens is 294 g/mol. The molecule has 1 atom stereocenters. The molecule has 1 saturated carbocycles. The largest absolute Gasteiger partial charge is 0.492 e. The van der Waals surface area contributed by atoms with Crippen molar-refractivity contribution in [2.45, 2.75) is 56.9 Å². The Bertz CT molecular complexity index is 544. The predicted octanol–water partition coefficient (Wildman–Crippen LogP) is 4.64. The van der Waals surface area contributed by atoms with Crippen LogP contribution in [-0.2, 0) is 5.41 Å². The summed E-state index contributed by atoms with van der Waals surface area (Å²) in [6.07, 6.45) is 8.16. The summed E-state index contributed by atoms with van der Waals surface area (Å²) in [5, 5.41) is 0.838. The summed E-state index contributed by atoms with van der Waals surface area (Å²) in [4.78, 5) is 2.73. The van der Waals surface area contributed by atoms with Crippen molar-refractivity contribution in [3.63, 3.8) is 0 Å². The third kappa shape index (κ3) is 2.45.